The van der Waals surface area contributed by atoms with Crippen LogP contribution < -0.4 is 4.74 Å². The maximum absolute atomic E-state index is 12.5. The molecule has 1 amide bonds. The second-order valence-corrected chi connectivity index (χ2v) is 7.75. The van der Waals surface area contributed by atoms with Crippen LogP contribution >= 0.6 is 0 Å². The minimum Gasteiger partial charge on any atom is -0.472 e. The van der Waals surface area contributed by atoms with Gasteiger partial charge >= 0.3 is 0 Å². The summed E-state index contributed by atoms with van der Waals surface area (Å²) in [5.74, 6) is 1.72. The summed E-state index contributed by atoms with van der Waals surface area (Å²) in [6, 6.07) is 12.0. The Labute approximate surface area is 155 Å². The molecule has 1 unspecified atom stereocenters. The number of aromatic nitrogens is 1. The van der Waals surface area contributed by atoms with Crippen molar-refractivity contribution in [3.63, 3.8) is 0 Å². The Hall–Kier alpha value is -2.10. The van der Waals surface area contributed by atoms with Gasteiger partial charge < -0.3 is 9.64 Å². The third-order valence-corrected chi connectivity index (χ3v) is 5.85. The van der Waals surface area contributed by atoms with E-state index in [4.69, 9.17) is 4.74 Å². The molecular formula is C22H28N2O2. The lowest BCUT2D eigenvalue weighted by molar-refractivity contribution is -0.130. The third kappa shape index (κ3) is 4.17. The van der Waals surface area contributed by atoms with Crippen LogP contribution in [0.3, 0.4) is 0 Å². The van der Waals surface area contributed by atoms with E-state index >= 15 is 0 Å². The Kier molecular flexibility index (Phi) is 5.37. The smallest absolute Gasteiger partial charge is 0.222 e. The molecule has 4 rings (SSSR count). The molecule has 0 bridgehead atoms. The minimum atomic E-state index is 0.0577. The second kappa shape index (κ2) is 8.07. The zero-order valence-corrected chi connectivity index (χ0v) is 15.4. The second-order valence-electron chi connectivity index (χ2n) is 7.75. The molecule has 1 saturated carbocycles. The lowest BCUT2D eigenvalue weighted by atomic mass is 9.86. The highest BCUT2D eigenvalue weighted by Crippen LogP contribution is 2.28. The van der Waals surface area contributed by atoms with E-state index in [-0.39, 0.29) is 6.10 Å². The van der Waals surface area contributed by atoms with E-state index < -0.39 is 0 Å². The predicted molar refractivity (Wildman–Crippen MR) is 103 cm³/mol. The summed E-state index contributed by atoms with van der Waals surface area (Å²) >= 11 is 0. The number of likely N-dealkylation sites (tertiary alicyclic amines) is 1. The van der Waals surface area contributed by atoms with Crippen molar-refractivity contribution in [3.05, 3.63) is 36.4 Å². The molecule has 138 valence electrons. The van der Waals surface area contributed by atoms with Gasteiger partial charge in [-0.05, 0) is 24.5 Å². The van der Waals surface area contributed by atoms with E-state index in [0.717, 1.165) is 36.2 Å². The van der Waals surface area contributed by atoms with Crippen LogP contribution in [-0.2, 0) is 4.79 Å². The summed E-state index contributed by atoms with van der Waals surface area (Å²) in [6.07, 6.45) is 9.40. The van der Waals surface area contributed by atoms with Gasteiger partial charge in [0.15, 0.2) is 0 Å². The number of rotatable bonds is 5. The van der Waals surface area contributed by atoms with Gasteiger partial charge in [0.25, 0.3) is 0 Å². The number of para-hydroxylation sites is 1. The average Bonchev–Trinajstić information content (AvgIpc) is 3.15. The fraction of sp³-hybridized carbons (Fsp3) is 0.545. The highest BCUT2D eigenvalue weighted by atomic mass is 16.5. The van der Waals surface area contributed by atoms with Crippen LogP contribution in [0.2, 0.25) is 0 Å². The number of carbonyl (C=O) groups excluding carboxylic acids is 1. The topological polar surface area (TPSA) is 42.4 Å². The predicted octanol–water partition coefficient (Wildman–Crippen LogP) is 4.58. The van der Waals surface area contributed by atoms with Crippen LogP contribution in [0.15, 0.2) is 36.4 Å². The number of nitrogens with zero attached hydrogens (tertiary/aromatic N) is 2. The van der Waals surface area contributed by atoms with Gasteiger partial charge in [-0.15, -0.1) is 0 Å². The maximum atomic E-state index is 12.5. The Morgan fingerprint density at radius 3 is 2.81 bits per heavy atom. The van der Waals surface area contributed by atoms with Crippen molar-refractivity contribution in [3.8, 4) is 5.88 Å². The van der Waals surface area contributed by atoms with E-state index in [9.17, 15) is 4.79 Å². The molecule has 1 aromatic heterocycles. The van der Waals surface area contributed by atoms with E-state index in [1.807, 2.05) is 35.2 Å². The van der Waals surface area contributed by atoms with Gasteiger partial charge in [0.2, 0.25) is 11.8 Å². The molecule has 2 aliphatic rings. The highest BCUT2D eigenvalue weighted by Gasteiger charge is 2.28. The number of amides is 1. The number of hydrogen-bond donors (Lipinski definition) is 0. The van der Waals surface area contributed by atoms with Crippen LogP contribution in [0, 0.1) is 5.92 Å². The third-order valence-electron chi connectivity index (χ3n) is 5.85. The summed E-state index contributed by atoms with van der Waals surface area (Å²) in [4.78, 5) is 19.1. The summed E-state index contributed by atoms with van der Waals surface area (Å²) in [5, 5.41) is 1.12. The van der Waals surface area contributed by atoms with E-state index in [0.29, 0.717) is 24.8 Å². The first kappa shape index (κ1) is 17.3. The average molecular weight is 352 g/mol. The van der Waals surface area contributed by atoms with Crippen LogP contribution in [0.1, 0.15) is 51.4 Å². The molecule has 1 saturated heterocycles. The molecule has 1 aromatic carbocycles. The number of fused-ring (bicyclic) bond motifs is 1. The largest absolute Gasteiger partial charge is 0.472 e. The summed E-state index contributed by atoms with van der Waals surface area (Å²) in [6.45, 7) is 1.50. The lowest BCUT2D eigenvalue weighted by Gasteiger charge is -2.22. The van der Waals surface area contributed by atoms with E-state index in [1.165, 1.54) is 32.1 Å². The van der Waals surface area contributed by atoms with Crippen molar-refractivity contribution in [1.29, 1.82) is 0 Å². The van der Waals surface area contributed by atoms with Crippen molar-refractivity contribution in [2.45, 2.75) is 57.5 Å². The fourth-order valence-corrected chi connectivity index (χ4v) is 4.30. The quantitative estimate of drug-likeness (QED) is 0.791. The van der Waals surface area contributed by atoms with Crippen LogP contribution in [0.4, 0.5) is 0 Å². The normalized spacial score (nSPS) is 21.2. The Morgan fingerprint density at radius 2 is 1.92 bits per heavy atom. The van der Waals surface area contributed by atoms with E-state index in [2.05, 4.69) is 11.1 Å². The van der Waals surface area contributed by atoms with Crippen molar-refractivity contribution in [1.82, 2.24) is 9.88 Å². The number of hydrogen-bond acceptors (Lipinski definition) is 3. The van der Waals surface area contributed by atoms with Crippen LogP contribution in [-0.4, -0.2) is 35.0 Å². The van der Waals surface area contributed by atoms with Gasteiger partial charge in [-0.2, -0.15) is 0 Å². The zero-order chi connectivity index (χ0) is 17.8. The molecule has 0 radical (unpaired) electrons. The fourth-order valence-electron chi connectivity index (χ4n) is 4.30. The van der Waals surface area contributed by atoms with Gasteiger partial charge in [-0.25, -0.2) is 4.98 Å². The van der Waals surface area contributed by atoms with E-state index in [1.54, 1.807) is 0 Å². The van der Waals surface area contributed by atoms with Crippen molar-refractivity contribution in [2.75, 3.05) is 13.1 Å². The molecule has 0 spiro atoms. The molecule has 1 atom stereocenters. The number of benzene rings is 1. The Morgan fingerprint density at radius 1 is 1.08 bits per heavy atom. The van der Waals surface area contributed by atoms with Crippen molar-refractivity contribution in [2.24, 2.45) is 5.92 Å². The molecule has 0 N–H and O–H groups in total. The van der Waals surface area contributed by atoms with Gasteiger partial charge in [0.1, 0.15) is 6.10 Å². The van der Waals surface area contributed by atoms with Gasteiger partial charge in [0.05, 0.1) is 12.1 Å². The van der Waals surface area contributed by atoms with Crippen molar-refractivity contribution >= 4 is 16.8 Å². The monoisotopic (exact) mass is 352 g/mol. The van der Waals surface area contributed by atoms with Crippen LogP contribution in [0.25, 0.3) is 10.9 Å². The Bertz CT molecular complexity index is 755. The molecule has 1 aliphatic heterocycles. The molecule has 1 aliphatic carbocycles. The van der Waals surface area contributed by atoms with Gasteiger partial charge in [0, 0.05) is 30.8 Å². The first-order valence-corrected chi connectivity index (χ1v) is 10.1. The molecular weight excluding hydrogens is 324 g/mol. The first-order valence-electron chi connectivity index (χ1n) is 10.1. The van der Waals surface area contributed by atoms with Crippen molar-refractivity contribution < 1.29 is 9.53 Å². The molecule has 4 heteroatoms. The highest BCUT2D eigenvalue weighted by molar-refractivity contribution is 5.78. The molecule has 2 aromatic rings. The zero-order valence-electron chi connectivity index (χ0n) is 15.4. The standard InChI is InChI=1S/C22H28N2O2/c25-22(13-10-17-6-2-1-3-7-17)24-15-14-19(16-24)26-21-12-11-18-8-4-5-9-20(18)23-21/h4-5,8-9,11-12,17,19H,1-3,6-7,10,13-16H2. The lowest BCUT2D eigenvalue weighted by Crippen LogP contribution is -2.31. The molecule has 2 fully saturated rings. The minimum absolute atomic E-state index is 0.0577. The molecule has 4 nitrogen and oxygen atoms in total. The summed E-state index contributed by atoms with van der Waals surface area (Å²) in [7, 11) is 0. The van der Waals surface area contributed by atoms with Crippen LogP contribution in [0.5, 0.6) is 5.88 Å². The molecule has 2 heterocycles. The maximum Gasteiger partial charge on any atom is 0.222 e. The SMILES string of the molecule is O=C(CCC1CCCCC1)N1CCC(Oc2ccc3ccccc3n2)C1. The summed E-state index contributed by atoms with van der Waals surface area (Å²) < 4.78 is 6.05. The summed E-state index contributed by atoms with van der Waals surface area (Å²) in [5.41, 5.74) is 0.948. The first-order chi connectivity index (χ1) is 12.8. The van der Waals surface area contributed by atoms with Gasteiger partial charge in [-0.3, -0.25) is 4.79 Å². The number of ether oxygens (including phenoxy) is 1. The Balaban J connectivity index is 1.27. The molecule has 26 heavy (non-hydrogen) atoms. The number of pyridine rings is 1. The number of carbonyl (C=O) groups is 1. The van der Waals surface area contributed by atoms with Gasteiger partial charge in [-0.1, -0.05) is 50.3 Å².